The Kier molecular flexibility index (Phi) is 3.36. The summed E-state index contributed by atoms with van der Waals surface area (Å²) in [5.41, 5.74) is 2.02. The molecule has 0 unspecified atom stereocenters. The van der Waals surface area contributed by atoms with Crippen molar-refractivity contribution in [2.45, 2.75) is 0 Å². The minimum atomic E-state index is -0.276. The van der Waals surface area contributed by atoms with Crippen LogP contribution in [0, 0.1) is 0 Å². The zero-order chi connectivity index (χ0) is 13.8. The normalized spacial score (nSPS) is 13.5. The van der Waals surface area contributed by atoms with E-state index in [1.54, 1.807) is 0 Å². The van der Waals surface area contributed by atoms with Gasteiger partial charge in [-0.3, -0.25) is 14.8 Å². The van der Waals surface area contributed by atoms with Crippen molar-refractivity contribution in [2.75, 3.05) is 18.4 Å². The highest BCUT2D eigenvalue weighted by Gasteiger charge is 2.09. The highest BCUT2D eigenvalue weighted by Crippen LogP contribution is 2.11. The van der Waals surface area contributed by atoms with E-state index in [1.807, 2.05) is 24.3 Å². The lowest BCUT2D eigenvalue weighted by Gasteiger charge is -2.06. The number of hydrogen-bond donors (Lipinski definition) is 2. The minimum absolute atomic E-state index is 0.276. The van der Waals surface area contributed by atoms with Gasteiger partial charge in [-0.25, -0.2) is 4.98 Å². The van der Waals surface area contributed by atoms with Gasteiger partial charge in [0.25, 0.3) is 5.91 Å². The van der Waals surface area contributed by atoms with Crippen LogP contribution in [0.1, 0.15) is 16.1 Å². The number of aromatic nitrogens is 2. The summed E-state index contributed by atoms with van der Waals surface area (Å²) in [5, 5.41) is 5.98. The van der Waals surface area contributed by atoms with E-state index in [4.69, 9.17) is 0 Å². The lowest BCUT2D eigenvalue weighted by atomic mass is 10.2. The molecule has 0 bridgehead atoms. The van der Waals surface area contributed by atoms with Gasteiger partial charge in [-0.05, 0) is 24.3 Å². The fraction of sp³-hybridized carbons (Fsp3) is 0.143. The number of carbonyl (C=O) groups is 1. The number of carbonyl (C=O) groups excluding carboxylic acids is 1. The van der Waals surface area contributed by atoms with Crippen molar-refractivity contribution in [3.8, 4) is 0 Å². The van der Waals surface area contributed by atoms with Gasteiger partial charge in [0, 0.05) is 30.2 Å². The number of amides is 1. The number of amidine groups is 1. The standard InChI is InChI=1S/C14H13N5O/c20-14(12-9-15-5-6-16-12)19-11-3-1-10(2-4-11)13-17-7-8-18-13/h1-6,9H,7-8H2,(H,17,18)(H,19,20). The number of nitrogens with one attached hydrogen (secondary N) is 2. The summed E-state index contributed by atoms with van der Waals surface area (Å²) in [7, 11) is 0. The van der Waals surface area contributed by atoms with Crippen LogP contribution < -0.4 is 10.6 Å². The zero-order valence-electron chi connectivity index (χ0n) is 10.7. The summed E-state index contributed by atoms with van der Waals surface area (Å²) in [6.07, 6.45) is 4.45. The van der Waals surface area contributed by atoms with Crippen molar-refractivity contribution >= 4 is 17.4 Å². The Hall–Kier alpha value is -2.76. The fourth-order valence-electron chi connectivity index (χ4n) is 1.91. The van der Waals surface area contributed by atoms with Crippen LogP contribution in [0.5, 0.6) is 0 Å². The topological polar surface area (TPSA) is 79.3 Å². The Morgan fingerprint density at radius 1 is 1.20 bits per heavy atom. The second kappa shape index (κ2) is 5.48. The van der Waals surface area contributed by atoms with Crippen LogP contribution in [0.2, 0.25) is 0 Å². The number of rotatable bonds is 3. The van der Waals surface area contributed by atoms with Crippen molar-refractivity contribution in [1.82, 2.24) is 15.3 Å². The maximum Gasteiger partial charge on any atom is 0.275 e. The smallest absolute Gasteiger partial charge is 0.275 e. The van der Waals surface area contributed by atoms with Gasteiger partial charge in [-0.2, -0.15) is 0 Å². The molecule has 1 aliphatic rings. The molecule has 2 N–H and O–H groups in total. The van der Waals surface area contributed by atoms with Crippen LogP contribution in [-0.2, 0) is 0 Å². The molecule has 0 saturated heterocycles. The molecular weight excluding hydrogens is 254 g/mol. The molecule has 2 heterocycles. The quantitative estimate of drug-likeness (QED) is 0.872. The predicted molar refractivity (Wildman–Crippen MR) is 75.8 cm³/mol. The Morgan fingerprint density at radius 2 is 2.05 bits per heavy atom. The largest absolute Gasteiger partial charge is 0.368 e. The highest BCUT2D eigenvalue weighted by atomic mass is 16.1. The lowest BCUT2D eigenvalue weighted by Crippen LogP contribution is -2.19. The summed E-state index contributed by atoms with van der Waals surface area (Å²) >= 11 is 0. The average molecular weight is 267 g/mol. The molecule has 6 nitrogen and oxygen atoms in total. The van der Waals surface area contributed by atoms with Crippen LogP contribution in [0.15, 0.2) is 47.8 Å². The van der Waals surface area contributed by atoms with E-state index in [2.05, 4.69) is 25.6 Å². The van der Waals surface area contributed by atoms with Crippen LogP contribution >= 0.6 is 0 Å². The maximum atomic E-state index is 11.9. The maximum absolute atomic E-state index is 11.9. The summed E-state index contributed by atoms with van der Waals surface area (Å²) in [5.74, 6) is 0.624. The monoisotopic (exact) mass is 267 g/mol. The molecule has 0 atom stereocenters. The van der Waals surface area contributed by atoms with E-state index in [0.29, 0.717) is 11.4 Å². The van der Waals surface area contributed by atoms with E-state index in [9.17, 15) is 4.79 Å². The molecule has 6 heteroatoms. The summed E-state index contributed by atoms with van der Waals surface area (Å²) in [6, 6.07) is 7.52. The zero-order valence-corrected chi connectivity index (χ0v) is 10.7. The van der Waals surface area contributed by atoms with Crippen molar-refractivity contribution in [3.05, 3.63) is 54.1 Å². The SMILES string of the molecule is O=C(Nc1ccc(C2=NCCN2)cc1)c1cnccn1. The number of aliphatic imine (C=N–C) groups is 1. The first-order chi connectivity index (χ1) is 9.83. The Balaban J connectivity index is 1.71. The number of hydrogen-bond acceptors (Lipinski definition) is 5. The first-order valence-corrected chi connectivity index (χ1v) is 6.29. The molecule has 0 aliphatic carbocycles. The second-order valence-electron chi connectivity index (χ2n) is 4.28. The summed E-state index contributed by atoms with van der Waals surface area (Å²) < 4.78 is 0. The number of benzene rings is 1. The fourth-order valence-corrected chi connectivity index (χ4v) is 1.91. The Morgan fingerprint density at radius 3 is 2.70 bits per heavy atom. The molecule has 1 aromatic heterocycles. The summed E-state index contributed by atoms with van der Waals surface area (Å²) in [4.78, 5) is 24.1. The van der Waals surface area contributed by atoms with E-state index < -0.39 is 0 Å². The third-order valence-corrected chi connectivity index (χ3v) is 2.89. The highest BCUT2D eigenvalue weighted by molar-refractivity contribution is 6.03. The molecule has 0 saturated carbocycles. The first kappa shape index (κ1) is 12.3. The van der Waals surface area contributed by atoms with Crippen molar-refractivity contribution < 1.29 is 4.79 Å². The molecule has 0 spiro atoms. The Bertz CT molecular complexity index is 636. The average Bonchev–Trinajstić information content (AvgIpc) is 3.03. The predicted octanol–water partition coefficient (Wildman–Crippen LogP) is 1.08. The van der Waals surface area contributed by atoms with Crippen molar-refractivity contribution in [1.29, 1.82) is 0 Å². The molecule has 1 aromatic carbocycles. The van der Waals surface area contributed by atoms with E-state index >= 15 is 0 Å². The van der Waals surface area contributed by atoms with Gasteiger partial charge in [0.1, 0.15) is 11.5 Å². The van der Waals surface area contributed by atoms with Gasteiger partial charge in [0.2, 0.25) is 0 Å². The van der Waals surface area contributed by atoms with E-state index in [0.717, 1.165) is 24.5 Å². The number of anilines is 1. The lowest BCUT2D eigenvalue weighted by molar-refractivity contribution is 0.102. The second-order valence-corrected chi connectivity index (χ2v) is 4.28. The van der Waals surface area contributed by atoms with E-state index in [-0.39, 0.29) is 5.91 Å². The molecular formula is C14H13N5O. The van der Waals surface area contributed by atoms with Gasteiger partial charge >= 0.3 is 0 Å². The van der Waals surface area contributed by atoms with Gasteiger partial charge in [-0.1, -0.05) is 0 Å². The van der Waals surface area contributed by atoms with Crippen LogP contribution in [0.4, 0.5) is 5.69 Å². The minimum Gasteiger partial charge on any atom is -0.368 e. The van der Waals surface area contributed by atoms with Crippen LogP contribution in [0.3, 0.4) is 0 Å². The third kappa shape index (κ3) is 2.64. The molecule has 100 valence electrons. The van der Waals surface area contributed by atoms with Gasteiger partial charge in [-0.15, -0.1) is 0 Å². The molecule has 2 aromatic rings. The van der Waals surface area contributed by atoms with Crippen LogP contribution in [-0.4, -0.2) is 34.8 Å². The molecule has 0 radical (unpaired) electrons. The van der Waals surface area contributed by atoms with Crippen molar-refractivity contribution in [3.63, 3.8) is 0 Å². The summed E-state index contributed by atoms with van der Waals surface area (Å²) in [6.45, 7) is 1.68. The first-order valence-electron chi connectivity index (χ1n) is 6.29. The van der Waals surface area contributed by atoms with Gasteiger partial charge < -0.3 is 10.6 Å². The number of nitrogens with zero attached hydrogens (tertiary/aromatic N) is 3. The van der Waals surface area contributed by atoms with Gasteiger partial charge in [0.15, 0.2) is 0 Å². The third-order valence-electron chi connectivity index (χ3n) is 2.89. The Labute approximate surface area is 116 Å². The van der Waals surface area contributed by atoms with Crippen molar-refractivity contribution in [2.24, 2.45) is 4.99 Å². The molecule has 0 fully saturated rings. The van der Waals surface area contributed by atoms with Gasteiger partial charge in [0.05, 0.1) is 12.7 Å². The molecule has 20 heavy (non-hydrogen) atoms. The van der Waals surface area contributed by atoms with E-state index in [1.165, 1.54) is 18.6 Å². The molecule has 1 amide bonds. The van der Waals surface area contributed by atoms with Crippen LogP contribution in [0.25, 0.3) is 0 Å². The molecule has 1 aliphatic heterocycles. The molecule has 3 rings (SSSR count).